The van der Waals surface area contributed by atoms with Gasteiger partial charge >= 0.3 is 6.18 Å². The lowest BCUT2D eigenvalue weighted by molar-refractivity contribution is -0.141. The number of hydrogen-bond acceptors (Lipinski definition) is 14. The van der Waals surface area contributed by atoms with E-state index >= 15 is 0 Å². The van der Waals surface area contributed by atoms with Crippen molar-refractivity contribution in [3.8, 4) is 21.6 Å². The zero-order valence-electron chi connectivity index (χ0n) is 50.7. The summed E-state index contributed by atoms with van der Waals surface area (Å²) in [6, 6.07) is 21.7. The number of aromatic amines is 1. The largest absolute Gasteiger partial charge is 0.417 e. The number of nitrogens with zero attached hydrogens (tertiary/aromatic N) is 7. The second-order valence-electron chi connectivity index (χ2n) is 23.8. The number of aromatic nitrogens is 3. The number of piperazine rings is 2. The molecular formula is C65H80F3N11O8S. The zero-order chi connectivity index (χ0) is 62.6. The smallest absolute Gasteiger partial charge is 0.391 e. The van der Waals surface area contributed by atoms with Crippen LogP contribution in [0.15, 0.2) is 99.9 Å². The first kappa shape index (κ1) is 64.7. The molecule has 6 heterocycles. The third kappa shape index (κ3) is 16.7. The van der Waals surface area contributed by atoms with Crippen LogP contribution in [0.25, 0.3) is 21.6 Å². The number of carbonyl (C=O) groups excluding carboxylic acids is 5. The van der Waals surface area contributed by atoms with Gasteiger partial charge in [-0.1, -0.05) is 93.2 Å². The van der Waals surface area contributed by atoms with Gasteiger partial charge in [0.2, 0.25) is 29.2 Å². The maximum atomic E-state index is 14.2. The number of hydrogen-bond donors (Lipinski definition) is 5. The quantitative estimate of drug-likeness (QED) is 0.0357. The first-order valence-corrected chi connectivity index (χ1v) is 31.3. The number of nitrogens with one attached hydrogen (secondary N) is 4. The molecule has 0 saturated carbocycles. The van der Waals surface area contributed by atoms with Crippen molar-refractivity contribution in [3.63, 3.8) is 0 Å². The average Bonchev–Trinajstić information content (AvgIpc) is 2.86. The molecule has 19 nitrogen and oxygen atoms in total. The van der Waals surface area contributed by atoms with Gasteiger partial charge in [-0.15, -0.1) is 11.3 Å². The summed E-state index contributed by atoms with van der Waals surface area (Å²) < 4.78 is 47.5. The number of β-amino-alcohol motifs (C(OH)–C–C–N with tert-alkyl or cyclic N) is 1. The molecule has 23 heteroatoms. The van der Waals surface area contributed by atoms with Gasteiger partial charge in [-0.05, 0) is 85.7 Å². The molecular weight excluding hydrogens is 1150 g/mol. The third-order valence-corrected chi connectivity index (χ3v) is 17.8. The van der Waals surface area contributed by atoms with E-state index in [0.717, 1.165) is 96.2 Å². The third-order valence-electron chi connectivity index (χ3n) is 16.9. The molecule has 3 aliphatic heterocycles. The highest BCUT2D eigenvalue weighted by Crippen LogP contribution is 2.37. The number of aliphatic hydroxyl groups excluding tert-OH is 1. The second-order valence-corrected chi connectivity index (χ2v) is 24.7. The van der Waals surface area contributed by atoms with Crippen LogP contribution in [0.1, 0.15) is 128 Å². The van der Waals surface area contributed by atoms with Crippen LogP contribution in [0.3, 0.4) is 0 Å². The number of halogens is 3. The van der Waals surface area contributed by atoms with E-state index in [4.69, 9.17) is 4.52 Å². The number of rotatable bonds is 24. The maximum Gasteiger partial charge on any atom is 0.417 e. The molecule has 9 rings (SSSR count). The van der Waals surface area contributed by atoms with Crippen molar-refractivity contribution >= 4 is 52.2 Å². The van der Waals surface area contributed by atoms with Crippen molar-refractivity contribution in [3.05, 3.63) is 140 Å². The summed E-state index contributed by atoms with van der Waals surface area (Å²) in [6.45, 7) is 14.1. The minimum atomic E-state index is -4.92. The molecule has 3 saturated heterocycles. The highest BCUT2D eigenvalue weighted by atomic mass is 32.1. The van der Waals surface area contributed by atoms with Crippen molar-refractivity contribution < 1.29 is 46.8 Å². The molecule has 4 atom stereocenters. The topological polar surface area (TPSA) is 230 Å². The zero-order valence-corrected chi connectivity index (χ0v) is 51.5. The fraction of sp³-hybridized carbons (Fsp3) is 0.477. The molecule has 6 aromatic rings. The van der Waals surface area contributed by atoms with Gasteiger partial charge < -0.3 is 50.2 Å². The Balaban J connectivity index is 0.707. The minimum Gasteiger partial charge on any atom is -0.391 e. The molecule has 3 aromatic carbocycles. The van der Waals surface area contributed by atoms with Gasteiger partial charge in [0.25, 0.3) is 5.91 Å². The molecule has 3 aliphatic rings. The lowest BCUT2D eigenvalue weighted by Crippen LogP contribution is -2.49. The van der Waals surface area contributed by atoms with Crippen LogP contribution in [0.2, 0.25) is 0 Å². The first-order valence-electron chi connectivity index (χ1n) is 30.5. The fourth-order valence-electron chi connectivity index (χ4n) is 12.0. The number of carbonyl (C=O) groups is 5. The monoisotopic (exact) mass is 1230 g/mol. The van der Waals surface area contributed by atoms with E-state index in [1.165, 1.54) is 16.2 Å². The summed E-state index contributed by atoms with van der Waals surface area (Å²) in [4.78, 5) is 98.2. The van der Waals surface area contributed by atoms with E-state index in [0.29, 0.717) is 87.7 Å². The van der Waals surface area contributed by atoms with Crippen LogP contribution in [-0.2, 0) is 31.9 Å². The number of likely N-dealkylation sites (tertiary alicyclic amines) is 1. The number of likely N-dealkylation sites (N-methyl/N-ethyl adjacent to an activating group) is 1. The van der Waals surface area contributed by atoms with Crippen molar-refractivity contribution in [2.24, 2.45) is 5.92 Å². The SMILES string of the molecule is Cc1cc(C(C(=O)N2C[C@H](O)C[C@H]2C(=O)NC(CC(=O)NCCCCCCCCC(=O)N2CCN(Cc3cccc(-c4ccc(N5CCN(C)CC5)c(NC(=O)c5c[nH]c(=O)cc5C(F)(F)F)c4)c3)CC2)c2ccc(-c3scnc3C)cc2)C(C)C)on1. The molecule has 0 aliphatic carbocycles. The molecule has 0 radical (unpaired) electrons. The molecule has 88 heavy (non-hydrogen) atoms. The number of unbranched alkanes of at least 4 members (excludes halogenated alkanes) is 5. The molecule has 470 valence electrons. The van der Waals surface area contributed by atoms with Crippen LogP contribution >= 0.6 is 11.3 Å². The van der Waals surface area contributed by atoms with Crippen molar-refractivity contribution in [1.29, 1.82) is 0 Å². The highest BCUT2D eigenvalue weighted by molar-refractivity contribution is 7.13. The summed E-state index contributed by atoms with van der Waals surface area (Å²) >= 11 is 1.53. The van der Waals surface area contributed by atoms with Crippen LogP contribution in [0.5, 0.6) is 0 Å². The van der Waals surface area contributed by atoms with Crippen LogP contribution in [0, 0.1) is 19.8 Å². The summed E-state index contributed by atoms with van der Waals surface area (Å²) in [5, 5.41) is 23.6. The number of alkyl halides is 3. The second kappa shape index (κ2) is 29.5. The minimum absolute atomic E-state index is 0.0114. The standard InChI is InChI=1S/C65H80F3N11O8S/c1-41(2)60(56-31-42(3)74-87-56)64(86)79-39-49(80)34-55(79)63(85)72-52(45-16-18-46(19-17-45)61-43(4)71-40-88-61)36-58(82)69-22-11-9-7-6-8-10-15-59(83)78-29-25-76(26-30-78)38-44-13-12-14-47(32-44)48-20-21-54(77-27-23-75(5)24-28-77)53(33-48)73-62(84)50-37-70-57(81)35-51(50)65(66,67)68/h12-14,16-21,31-33,35,37,40-41,49,52,55,60,80H,6-11,15,22-30,34,36,38-39H2,1-5H3,(H,69,82)(H,70,81)(H,72,85)(H,73,84)/t49-,52?,55+,60?/m1/s1. The molecule has 2 unspecified atom stereocenters. The van der Waals surface area contributed by atoms with Crippen molar-refractivity contribution in [2.45, 2.75) is 122 Å². The Bertz CT molecular complexity index is 3440. The summed E-state index contributed by atoms with van der Waals surface area (Å²) in [6.07, 6.45) is 0.743. The molecule has 5 N–H and O–H groups in total. The summed E-state index contributed by atoms with van der Waals surface area (Å²) in [7, 11) is 2.02. The number of aryl methyl sites for hydroxylation is 2. The number of H-pyrrole nitrogens is 1. The Morgan fingerprint density at radius 3 is 2.23 bits per heavy atom. The number of amides is 5. The normalized spacial score (nSPS) is 17.5. The maximum absolute atomic E-state index is 14.2. The number of anilines is 2. The van der Waals surface area contributed by atoms with Crippen LogP contribution < -0.4 is 26.4 Å². The Morgan fingerprint density at radius 1 is 0.841 bits per heavy atom. The Morgan fingerprint density at radius 2 is 1.55 bits per heavy atom. The van der Waals surface area contributed by atoms with E-state index < -0.39 is 58.8 Å². The summed E-state index contributed by atoms with van der Waals surface area (Å²) in [5.41, 5.74) is 5.78. The predicted octanol–water partition coefficient (Wildman–Crippen LogP) is 8.93. The van der Waals surface area contributed by atoms with E-state index in [1.807, 2.05) is 87.3 Å². The van der Waals surface area contributed by atoms with Gasteiger partial charge in [0.15, 0.2) is 0 Å². The van der Waals surface area contributed by atoms with Crippen molar-refractivity contribution in [1.82, 2.24) is 45.4 Å². The van der Waals surface area contributed by atoms with Gasteiger partial charge in [-0.2, -0.15) is 13.2 Å². The molecule has 0 bridgehead atoms. The molecule has 0 spiro atoms. The van der Waals surface area contributed by atoms with E-state index in [9.17, 15) is 47.0 Å². The number of pyridine rings is 1. The van der Waals surface area contributed by atoms with Crippen molar-refractivity contribution in [2.75, 3.05) is 82.7 Å². The van der Waals surface area contributed by atoms with Gasteiger partial charge in [-0.25, -0.2) is 4.98 Å². The molecule has 3 fully saturated rings. The highest BCUT2D eigenvalue weighted by Gasteiger charge is 2.44. The first-order chi connectivity index (χ1) is 42.2. The molecule has 3 aromatic heterocycles. The number of aliphatic hydroxyl groups is 1. The fourth-order valence-corrected chi connectivity index (χ4v) is 12.8. The molecule has 5 amide bonds. The Kier molecular flexibility index (Phi) is 21.7. The van der Waals surface area contributed by atoms with E-state index in [-0.39, 0.29) is 43.0 Å². The van der Waals surface area contributed by atoms with Crippen LogP contribution in [0.4, 0.5) is 24.5 Å². The Labute approximate surface area is 515 Å². The van der Waals surface area contributed by atoms with Crippen LogP contribution in [-0.4, -0.2) is 154 Å². The summed E-state index contributed by atoms with van der Waals surface area (Å²) in [5.74, 6) is -2.35. The predicted molar refractivity (Wildman–Crippen MR) is 332 cm³/mol. The number of benzene rings is 3. The van der Waals surface area contributed by atoms with Gasteiger partial charge in [0.05, 0.1) is 62.8 Å². The van der Waals surface area contributed by atoms with E-state index in [2.05, 4.69) is 51.8 Å². The van der Waals surface area contributed by atoms with Gasteiger partial charge in [0.1, 0.15) is 17.7 Å². The lowest BCUT2D eigenvalue weighted by Gasteiger charge is -2.35. The van der Waals surface area contributed by atoms with Gasteiger partial charge in [0, 0.05) is 103 Å². The van der Waals surface area contributed by atoms with Gasteiger partial charge in [-0.3, -0.25) is 33.7 Å². The average molecular weight is 1230 g/mol. The Hall–Kier alpha value is -7.73. The van der Waals surface area contributed by atoms with E-state index in [1.54, 1.807) is 24.6 Å². The lowest BCUT2D eigenvalue weighted by atomic mass is 9.91. The number of thiazole rings is 1.